The minimum Gasteiger partial charge on any atom is -0.397 e. The Labute approximate surface area is 123 Å². The Morgan fingerprint density at radius 3 is 3.05 bits per heavy atom. The first-order valence-electron chi connectivity index (χ1n) is 7.19. The second kappa shape index (κ2) is 5.95. The fourth-order valence-electron chi connectivity index (χ4n) is 2.89. The third-order valence-electron chi connectivity index (χ3n) is 3.92. The summed E-state index contributed by atoms with van der Waals surface area (Å²) in [7, 11) is 0. The number of aromatic nitrogens is 3. The van der Waals surface area contributed by atoms with Crippen molar-refractivity contribution in [2.45, 2.75) is 37.8 Å². The number of anilines is 1. The van der Waals surface area contributed by atoms with Crippen molar-refractivity contribution >= 4 is 11.6 Å². The average molecular weight is 285 g/mol. The molecular formula is C15H19N5O. The van der Waals surface area contributed by atoms with Gasteiger partial charge in [0.15, 0.2) is 0 Å². The molecule has 1 saturated carbocycles. The zero-order chi connectivity index (χ0) is 14.7. The van der Waals surface area contributed by atoms with Gasteiger partial charge < -0.3 is 15.6 Å². The van der Waals surface area contributed by atoms with E-state index in [2.05, 4.69) is 19.9 Å². The molecule has 6 heteroatoms. The predicted molar refractivity (Wildman–Crippen MR) is 79.4 cm³/mol. The van der Waals surface area contributed by atoms with E-state index in [4.69, 9.17) is 5.73 Å². The largest absolute Gasteiger partial charge is 0.397 e. The maximum atomic E-state index is 12.2. The lowest BCUT2D eigenvalue weighted by Gasteiger charge is -2.22. The van der Waals surface area contributed by atoms with E-state index in [0.29, 0.717) is 11.7 Å². The summed E-state index contributed by atoms with van der Waals surface area (Å²) in [6.07, 6.45) is 10.6. The van der Waals surface area contributed by atoms with E-state index in [9.17, 15) is 4.79 Å². The molecule has 3 rings (SSSR count). The fraction of sp³-hybridized carbons (Fsp3) is 0.400. The van der Waals surface area contributed by atoms with E-state index < -0.39 is 0 Å². The third kappa shape index (κ3) is 3.21. The second-order valence-electron chi connectivity index (χ2n) is 5.44. The van der Waals surface area contributed by atoms with Crippen LogP contribution in [-0.4, -0.2) is 26.5 Å². The van der Waals surface area contributed by atoms with Crippen LogP contribution in [0, 0.1) is 0 Å². The summed E-state index contributed by atoms with van der Waals surface area (Å²) < 4.78 is 2.08. The van der Waals surface area contributed by atoms with Crippen molar-refractivity contribution in [3.8, 4) is 0 Å². The number of carbonyl (C=O) groups excluding carboxylic acids is 1. The number of pyridine rings is 1. The monoisotopic (exact) mass is 285 g/mol. The maximum Gasteiger partial charge on any atom is 0.226 e. The number of amides is 1. The predicted octanol–water partition coefficient (Wildman–Crippen LogP) is 1.31. The van der Waals surface area contributed by atoms with Gasteiger partial charge in [0.25, 0.3) is 0 Å². The van der Waals surface area contributed by atoms with Gasteiger partial charge in [0, 0.05) is 24.1 Å². The first-order valence-corrected chi connectivity index (χ1v) is 7.19. The summed E-state index contributed by atoms with van der Waals surface area (Å²) in [4.78, 5) is 20.4. The normalized spacial score (nSPS) is 21.3. The molecule has 0 spiro atoms. The molecule has 0 radical (unpaired) electrons. The Morgan fingerprint density at radius 1 is 1.43 bits per heavy atom. The van der Waals surface area contributed by atoms with Gasteiger partial charge in [-0.1, -0.05) is 0 Å². The number of hydrogen-bond donors (Lipinski definition) is 2. The van der Waals surface area contributed by atoms with Crippen molar-refractivity contribution in [2.75, 3.05) is 5.73 Å². The zero-order valence-electron chi connectivity index (χ0n) is 11.8. The molecule has 6 nitrogen and oxygen atoms in total. The molecule has 1 amide bonds. The number of rotatable bonds is 4. The summed E-state index contributed by atoms with van der Waals surface area (Å²) in [6, 6.07) is 4.02. The van der Waals surface area contributed by atoms with Crippen molar-refractivity contribution in [1.82, 2.24) is 19.9 Å². The van der Waals surface area contributed by atoms with Crippen molar-refractivity contribution < 1.29 is 4.79 Å². The molecular weight excluding hydrogens is 266 g/mol. The number of imidazole rings is 1. The van der Waals surface area contributed by atoms with E-state index in [1.54, 1.807) is 24.5 Å². The lowest BCUT2D eigenvalue weighted by Crippen LogP contribution is -2.39. The quantitative estimate of drug-likeness (QED) is 0.887. The standard InChI is InChI=1S/C15H19N5O/c16-11-4-5-12(18-9-11)8-15(21)19-13-2-1-3-14(13)20-7-6-17-10-20/h4-7,9-10,13-14H,1-3,8,16H2,(H,19,21). The van der Waals surface area contributed by atoms with Crippen LogP contribution in [0.1, 0.15) is 31.0 Å². The molecule has 2 aromatic rings. The molecule has 2 aromatic heterocycles. The van der Waals surface area contributed by atoms with Crippen LogP contribution < -0.4 is 11.1 Å². The van der Waals surface area contributed by atoms with E-state index in [0.717, 1.165) is 25.0 Å². The summed E-state index contributed by atoms with van der Waals surface area (Å²) >= 11 is 0. The van der Waals surface area contributed by atoms with Crippen molar-refractivity contribution in [2.24, 2.45) is 0 Å². The number of nitrogen functional groups attached to an aromatic ring is 1. The molecule has 0 bridgehead atoms. The van der Waals surface area contributed by atoms with Crippen LogP contribution in [0.5, 0.6) is 0 Å². The van der Waals surface area contributed by atoms with Crippen LogP contribution in [0.3, 0.4) is 0 Å². The molecule has 2 heterocycles. The van der Waals surface area contributed by atoms with Crippen molar-refractivity contribution in [3.63, 3.8) is 0 Å². The van der Waals surface area contributed by atoms with Crippen LogP contribution in [0.25, 0.3) is 0 Å². The Balaban J connectivity index is 1.60. The number of nitrogens with zero attached hydrogens (tertiary/aromatic N) is 3. The SMILES string of the molecule is Nc1ccc(CC(=O)NC2CCCC2n2ccnc2)nc1. The molecule has 21 heavy (non-hydrogen) atoms. The molecule has 2 atom stereocenters. The van der Waals surface area contributed by atoms with E-state index in [1.165, 1.54) is 0 Å². The first-order chi connectivity index (χ1) is 10.2. The highest BCUT2D eigenvalue weighted by atomic mass is 16.1. The minimum absolute atomic E-state index is 0.00397. The summed E-state index contributed by atoms with van der Waals surface area (Å²) in [6.45, 7) is 0. The molecule has 110 valence electrons. The Kier molecular flexibility index (Phi) is 3.85. The lowest BCUT2D eigenvalue weighted by atomic mass is 10.1. The maximum absolute atomic E-state index is 12.2. The number of nitrogens with one attached hydrogen (secondary N) is 1. The summed E-state index contributed by atoms with van der Waals surface area (Å²) in [5.74, 6) is 0.00397. The van der Waals surface area contributed by atoms with Crippen LogP contribution in [0.15, 0.2) is 37.1 Å². The van der Waals surface area contributed by atoms with Gasteiger partial charge in [-0.15, -0.1) is 0 Å². The van der Waals surface area contributed by atoms with Gasteiger partial charge in [0.2, 0.25) is 5.91 Å². The minimum atomic E-state index is 0.00397. The summed E-state index contributed by atoms with van der Waals surface area (Å²) in [5.41, 5.74) is 6.93. The Bertz CT molecular complexity index is 593. The van der Waals surface area contributed by atoms with Gasteiger partial charge in [-0.2, -0.15) is 0 Å². The average Bonchev–Trinajstić information content (AvgIpc) is 3.11. The van der Waals surface area contributed by atoms with Gasteiger partial charge in [0.1, 0.15) is 0 Å². The molecule has 0 aliphatic heterocycles. The zero-order valence-corrected chi connectivity index (χ0v) is 11.8. The smallest absolute Gasteiger partial charge is 0.226 e. The van der Waals surface area contributed by atoms with Crippen LogP contribution >= 0.6 is 0 Å². The van der Waals surface area contributed by atoms with Crippen molar-refractivity contribution in [3.05, 3.63) is 42.7 Å². The number of hydrogen-bond acceptors (Lipinski definition) is 4. The van der Waals surface area contributed by atoms with Gasteiger partial charge in [-0.25, -0.2) is 4.98 Å². The Hall–Kier alpha value is -2.37. The van der Waals surface area contributed by atoms with Gasteiger partial charge >= 0.3 is 0 Å². The molecule has 0 saturated heterocycles. The molecule has 0 aromatic carbocycles. The number of carbonyl (C=O) groups is 1. The van der Waals surface area contributed by atoms with Crippen LogP contribution in [-0.2, 0) is 11.2 Å². The molecule has 1 fully saturated rings. The second-order valence-corrected chi connectivity index (χ2v) is 5.44. The van der Waals surface area contributed by atoms with E-state index in [-0.39, 0.29) is 18.4 Å². The highest BCUT2D eigenvalue weighted by Gasteiger charge is 2.29. The van der Waals surface area contributed by atoms with Gasteiger partial charge in [-0.05, 0) is 31.4 Å². The molecule has 2 unspecified atom stereocenters. The molecule has 1 aliphatic rings. The van der Waals surface area contributed by atoms with Gasteiger partial charge in [-0.3, -0.25) is 9.78 Å². The molecule has 1 aliphatic carbocycles. The molecule has 3 N–H and O–H groups in total. The highest BCUT2D eigenvalue weighted by molar-refractivity contribution is 5.78. The van der Waals surface area contributed by atoms with E-state index >= 15 is 0 Å². The van der Waals surface area contributed by atoms with E-state index in [1.807, 2.05) is 12.5 Å². The highest BCUT2D eigenvalue weighted by Crippen LogP contribution is 2.29. The lowest BCUT2D eigenvalue weighted by molar-refractivity contribution is -0.121. The first kappa shape index (κ1) is 13.6. The summed E-state index contributed by atoms with van der Waals surface area (Å²) in [5, 5.41) is 3.12. The fourth-order valence-corrected chi connectivity index (χ4v) is 2.89. The Morgan fingerprint density at radius 2 is 2.33 bits per heavy atom. The number of nitrogens with two attached hydrogens (primary N) is 1. The topological polar surface area (TPSA) is 85.8 Å². The van der Waals surface area contributed by atoms with Crippen molar-refractivity contribution in [1.29, 1.82) is 0 Å². The third-order valence-corrected chi connectivity index (χ3v) is 3.92. The van der Waals surface area contributed by atoms with Crippen LogP contribution in [0.2, 0.25) is 0 Å². The van der Waals surface area contributed by atoms with Crippen LogP contribution in [0.4, 0.5) is 5.69 Å². The van der Waals surface area contributed by atoms with Gasteiger partial charge in [0.05, 0.1) is 30.7 Å².